The molecule has 3 heteroatoms. The number of rotatable bonds is 4. The van der Waals surface area contributed by atoms with E-state index in [-0.39, 0.29) is 0 Å². The fourth-order valence-corrected chi connectivity index (χ4v) is 2.85. The van der Waals surface area contributed by atoms with Crippen LogP contribution < -0.4 is 4.74 Å². The summed E-state index contributed by atoms with van der Waals surface area (Å²) in [4.78, 5) is 5.89. The molecular weight excluding hydrogens is 224 g/mol. The van der Waals surface area contributed by atoms with Gasteiger partial charge in [0.15, 0.2) is 0 Å². The summed E-state index contributed by atoms with van der Waals surface area (Å²) in [5.41, 5.74) is 2.52. The number of aromatic amines is 1. The molecule has 2 aromatic rings. The maximum absolute atomic E-state index is 5.38. The molecule has 0 atom stereocenters. The zero-order valence-electron chi connectivity index (χ0n) is 10.9. The second-order valence-electron chi connectivity index (χ2n) is 5.00. The van der Waals surface area contributed by atoms with Gasteiger partial charge in [-0.05, 0) is 44.0 Å². The van der Waals surface area contributed by atoms with Gasteiger partial charge < -0.3 is 14.6 Å². The molecule has 3 nitrogen and oxygen atoms in total. The molecule has 96 valence electrons. The minimum Gasteiger partial charge on any atom is -0.495 e. The first-order valence-electron chi connectivity index (χ1n) is 6.74. The van der Waals surface area contributed by atoms with Gasteiger partial charge >= 0.3 is 0 Å². The van der Waals surface area contributed by atoms with E-state index in [1.54, 1.807) is 7.11 Å². The number of nitrogens with one attached hydrogen (secondary N) is 1. The molecule has 0 aliphatic carbocycles. The number of fused-ring (bicyclic) bond motifs is 1. The Morgan fingerprint density at radius 2 is 2.11 bits per heavy atom. The van der Waals surface area contributed by atoms with Gasteiger partial charge in [0.05, 0.1) is 12.6 Å². The van der Waals surface area contributed by atoms with Crippen molar-refractivity contribution >= 4 is 10.9 Å². The van der Waals surface area contributed by atoms with Gasteiger partial charge in [0, 0.05) is 18.1 Å². The molecule has 0 bridgehead atoms. The van der Waals surface area contributed by atoms with Crippen LogP contribution in [0.4, 0.5) is 0 Å². The molecule has 1 aromatic heterocycles. The second kappa shape index (κ2) is 5.02. The van der Waals surface area contributed by atoms with E-state index in [2.05, 4.69) is 28.2 Å². The Labute approximate surface area is 108 Å². The van der Waals surface area contributed by atoms with Crippen LogP contribution in [-0.2, 0) is 6.42 Å². The molecule has 3 rings (SSSR count). The van der Waals surface area contributed by atoms with Crippen molar-refractivity contribution in [2.75, 3.05) is 26.7 Å². The van der Waals surface area contributed by atoms with Gasteiger partial charge in [-0.3, -0.25) is 0 Å². The minimum absolute atomic E-state index is 0.930. The van der Waals surface area contributed by atoms with Gasteiger partial charge in [-0.15, -0.1) is 0 Å². The molecule has 0 saturated carbocycles. The molecule has 18 heavy (non-hydrogen) atoms. The SMILES string of the molecule is COc1cccc2c(CCN3CCCC3)c[nH]c12. The molecule has 0 amide bonds. The third-order valence-corrected chi connectivity index (χ3v) is 3.88. The minimum atomic E-state index is 0.930. The molecule has 0 spiro atoms. The highest BCUT2D eigenvalue weighted by Gasteiger charge is 2.13. The van der Waals surface area contributed by atoms with Crippen molar-refractivity contribution in [3.05, 3.63) is 30.0 Å². The third kappa shape index (κ3) is 2.10. The van der Waals surface area contributed by atoms with Crippen molar-refractivity contribution in [2.24, 2.45) is 0 Å². The first kappa shape index (κ1) is 11.6. The Hall–Kier alpha value is -1.48. The van der Waals surface area contributed by atoms with E-state index < -0.39 is 0 Å². The highest BCUT2D eigenvalue weighted by atomic mass is 16.5. The summed E-state index contributed by atoms with van der Waals surface area (Å²) in [7, 11) is 1.72. The van der Waals surface area contributed by atoms with E-state index in [9.17, 15) is 0 Å². The van der Waals surface area contributed by atoms with Crippen LogP contribution in [0.3, 0.4) is 0 Å². The van der Waals surface area contributed by atoms with E-state index in [4.69, 9.17) is 4.74 Å². The summed E-state index contributed by atoms with van der Waals surface area (Å²) in [5.74, 6) is 0.930. The van der Waals surface area contributed by atoms with Gasteiger partial charge in [0.2, 0.25) is 0 Å². The number of H-pyrrole nitrogens is 1. The lowest BCUT2D eigenvalue weighted by Crippen LogP contribution is -2.21. The molecular formula is C15H20N2O. The maximum atomic E-state index is 5.38. The van der Waals surface area contributed by atoms with Gasteiger partial charge in [-0.1, -0.05) is 12.1 Å². The van der Waals surface area contributed by atoms with E-state index >= 15 is 0 Å². The number of methoxy groups -OCH3 is 1. The molecule has 0 radical (unpaired) electrons. The Balaban J connectivity index is 1.79. The Morgan fingerprint density at radius 1 is 1.28 bits per heavy atom. The monoisotopic (exact) mass is 244 g/mol. The van der Waals surface area contributed by atoms with Gasteiger partial charge in [0.25, 0.3) is 0 Å². The van der Waals surface area contributed by atoms with Crippen molar-refractivity contribution in [1.29, 1.82) is 0 Å². The molecule has 0 unspecified atom stereocenters. The van der Waals surface area contributed by atoms with Crippen LogP contribution in [0, 0.1) is 0 Å². The van der Waals surface area contributed by atoms with Crippen molar-refractivity contribution in [2.45, 2.75) is 19.3 Å². The zero-order valence-corrected chi connectivity index (χ0v) is 10.9. The molecule has 1 saturated heterocycles. The summed E-state index contributed by atoms with van der Waals surface area (Å²) < 4.78 is 5.38. The van der Waals surface area contributed by atoms with Crippen LogP contribution in [0.2, 0.25) is 0 Å². The highest BCUT2D eigenvalue weighted by molar-refractivity contribution is 5.88. The van der Waals surface area contributed by atoms with Crippen LogP contribution in [0.1, 0.15) is 18.4 Å². The lowest BCUT2D eigenvalue weighted by atomic mass is 10.1. The van der Waals surface area contributed by atoms with Crippen LogP contribution in [-0.4, -0.2) is 36.6 Å². The zero-order chi connectivity index (χ0) is 12.4. The number of benzene rings is 1. The smallest absolute Gasteiger partial charge is 0.142 e. The highest BCUT2D eigenvalue weighted by Crippen LogP contribution is 2.27. The number of likely N-dealkylation sites (tertiary alicyclic amines) is 1. The van der Waals surface area contributed by atoms with E-state index in [1.807, 2.05) is 6.07 Å². The first-order chi connectivity index (χ1) is 8.88. The number of nitrogens with zero attached hydrogens (tertiary/aromatic N) is 1. The fourth-order valence-electron chi connectivity index (χ4n) is 2.85. The van der Waals surface area contributed by atoms with Gasteiger partial charge in [-0.25, -0.2) is 0 Å². The molecule has 2 heterocycles. The van der Waals surface area contributed by atoms with Gasteiger partial charge in [0.1, 0.15) is 5.75 Å². The summed E-state index contributed by atoms with van der Waals surface area (Å²) in [5, 5.41) is 1.30. The number of hydrogen-bond acceptors (Lipinski definition) is 2. The Bertz CT molecular complexity index is 526. The lowest BCUT2D eigenvalue weighted by Gasteiger charge is -2.13. The molecule has 1 N–H and O–H groups in total. The van der Waals surface area contributed by atoms with Crippen molar-refractivity contribution in [3.8, 4) is 5.75 Å². The normalized spacial score (nSPS) is 16.5. The van der Waals surface area contributed by atoms with Crippen LogP contribution in [0.25, 0.3) is 10.9 Å². The number of aromatic nitrogens is 1. The molecule has 1 aromatic carbocycles. The Morgan fingerprint density at radius 3 is 2.89 bits per heavy atom. The molecule has 1 aliphatic heterocycles. The van der Waals surface area contributed by atoms with Crippen molar-refractivity contribution in [3.63, 3.8) is 0 Å². The molecule has 1 aliphatic rings. The van der Waals surface area contributed by atoms with Crippen molar-refractivity contribution < 1.29 is 4.74 Å². The summed E-state index contributed by atoms with van der Waals surface area (Å²) >= 11 is 0. The van der Waals surface area contributed by atoms with Crippen molar-refractivity contribution in [1.82, 2.24) is 9.88 Å². The summed E-state index contributed by atoms with van der Waals surface area (Å²) in [6.45, 7) is 3.71. The predicted octanol–water partition coefficient (Wildman–Crippen LogP) is 2.81. The van der Waals surface area contributed by atoms with Crippen LogP contribution in [0.15, 0.2) is 24.4 Å². The van der Waals surface area contributed by atoms with Gasteiger partial charge in [-0.2, -0.15) is 0 Å². The average Bonchev–Trinajstić information content (AvgIpc) is 3.05. The lowest BCUT2D eigenvalue weighted by molar-refractivity contribution is 0.344. The predicted molar refractivity (Wildman–Crippen MR) is 74.2 cm³/mol. The second-order valence-corrected chi connectivity index (χ2v) is 5.00. The standard InChI is InChI=1S/C15H20N2O/c1-18-14-6-4-5-13-12(11-16-15(13)14)7-10-17-8-2-3-9-17/h4-6,11,16H,2-3,7-10H2,1H3. The third-order valence-electron chi connectivity index (χ3n) is 3.88. The summed E-state index contributed by atoms with van der Waals surface area (Å²) in [6, 6.07) is 6.24. The van der Waals surface area contributed by atoms with E-state index in [1.165, 1.54) is 43.4 Å². The summed E-state index contributed by atoms with van der Waals surface area (Å²) in [6.07, 6.45) is 5.97. The quantitative estimate of drug-likeness (QED) is 0.895. The van der Waals surface area contributed by atoms with E-state index in [0.717, 1.165) is 17.7 Å². The number of hydrogen-bond donors (Lipinski definition) is 1. The fraction of sp³-hybridized carbons (Fsp3) is 0.467. The van der Waals surface area contributed by atoms with Crippen LogP contribution >= 0.6 is 0 Å². The van der Waals surface area contributed by atoms with Crippen LogP contribution in [0.5, 0.6) is 5.75 Å². The largest absolute Gasteiger partial charge is 0.495 e. The average molecular weight is 244 g/mol. The topological polar surface area (TPSA) is 28.3 Å². The number of ether oxygens (including phenoxy) is 1. The number of para-hydroxylation sites is 1. The Kier molecular flexibility index (Phi) is 3.24. The maximum Gasteiger partial charge on any atom is 0.142 e. The first-order valence-corrected chi connectivity index (χ1v) is 6.74. The molecule has 1 fully saturated rings. The van der Waals surface area contributed by atoms with E-state index in [0.29, 0.717) is 0 Å².